The molecule has 0 saturated heterocycles. The topological polar surface area (TPSA) is 61.0 Å². The highest BCUT2D eigenvalue weighted by molar-refractivity contribution is 5.64. The summed E-state index contributed by atoms with van der Waals surface area (Å²) >= 11 is 0. The minimum absolute atomic E-state index is 0.0724. The van der Waals surface area contributed by atoms with Crippen LogP contribution in [0.3, 0.4) is 0 Å². The number of nitrogens with two attached hydrogens (primary N) is 1. The third-order valence-electron chi connectivity index (χ3n) is 2.56. The normalized spacial score (nSPS) is 10.8. The summed E-state index contributed by atoms with van der Waals surface area (Å²) in [4.78, 5) is 8.03. The van der Waals surface area contributed by atoms with Crippen LogP contribution in [0.5, 0.6) is 5.75 Å². The van der Waals surface area contributed by atoms with Gasteiger partial charge in [-0.25, -0.2) is 14.4 Å². The lowest BCUT2D eigenvalue weighted by Gasteiger charge is -2.12. The Hall–Kier alpha value is -2.17. The van der Waals surface area contributed by atoms with Gasteiger partial charge in [0.25, 0.3) is 0 Å². The maximum atomic E-state index is 13.9. The molecule has 5 heteroatoms. The summed E-state index contributed by atoms with van der Waals surface area (Å²) in [7, 11) is 0. The Morgan fingerprint density at radius 3 is 2.68 bits per heavy atom. The van der Waals surface area contributed by atoms with Crippen molar-refractivity contribution in [2.24, 2.45) is 0 Å². The molecule has 1 aromatic heterocycles. The van der Waals surface area contributed by atoms with E-state index in [9.17, 15) is 4.39 Å². The number of aromatic nitrogens is 2. The maximum absolute atomic E-state index is 13.9. The molecule has 2 rings (SSSR count). The lowest BCUT2D eigenvalue weighted by molar-refractivity contribution is 0.231. The first kappa shape index (κ1) is 13.3. The fourth-order valence-corrected chi connectivity index (χ4v) is 1.75. The van der Waals surface area contributed by atoms with Gasteiger partial charge in [0.05, 0.1) is 11.8 Å². The minimum atomic E-state index is -0.414. The summed E-state index contributed by atoms with van der Waals surface area (Å²) in [6.07, 6.45) is 1.55. The Morgan fingerprint density at radius 1 is 1.32 bits per heavy atom. The van der Waals surface area contributed by atoms with Crippen LogP contribution < -0.4 is 10.5 Å². The number of rotatable bonds is 3. The number of halogens is 1. The van der Waals surface area contributed by atoms with E-state index in [1.165, 1.54) is 6.07 Å². The summed E-state index contributed by atoms with van der Waals surface area (Å²) in [6.45, 7) is 5.55. The van der Waals surface area contributed by atoms with E-state index in [4.69, 9.17) is 10.5 Å². The number of aryl methyl sites for hydroxylation is 1. The zero-order valence-corrected chi connectivity index (χ0v) is 11.1. The second kappa shape index (κ2) is 5.22. The number of hydrogen-bond donors (Lipinski definition) is 1. The van der Waals surface area contributed by atoms with Crippen LogP contribution in [0.1, 0.15) is 19.4 Å². The van der Waals surface area contributed by atoms with E-state index in [0.717, 1.165) is 5.56 Å². The second-order valence-corrected chi connectivity index (χ2v) is 4.57. The standard InChI is InChI=1S/C14H16FN3O/c1-8(2)19-12-5-4-10(6-11(12)15)13-9(3)7-17-14(16)18-13/h4-8H,1-3H3,(H2,16,17,18). The van der Waals surface area contributed by atoms with Gasteiger partial charge in [-0.3, -0.25) is 0 Å². The molecule has 0 atom stereocenters. The van der Waals surface area contributed by atoms with Crippen molar-refractivity contribution in [3.05, 3.63) is 35.8 Å². The van der Waals surface area contributed by atoms with Crippen molar-refractivity contribution in [2.45, 2.75) is 26.9 Å². The van der Waals surface area contributed by atoms with Gasteiger partial charge in [-0.1, -0.05) is 0 Å². The van der Waals surface area contributed by atoms with Gasteiger partial charge in [-0.2, -0.15) is 0 Å². The monoisotopic (exact) mass is 261 g/mol. The molecule has 2 aromatic rings. The number of nitrogens with zero attached hydrogens (tertiary/aromatic N) is 2. The van der Waals surface area contributed by atoms with Crippen LogP contribution in [0.4, 0.5) is 10.3 Å². The highest BCUT2D eigenvalue weighted by Crippen LogP contribution is 2.27. The summed E-state index contributed by atoms with van der Waals surface area (Å²) in [6, 6.07) is 4.75. The van der Waals surface area contributed by atoms with Gasteiger partial charge in [0.15, 0.2) is 11.6 Å². The van der Waals surface area contributed by atoms with E-state index < -0.39 is 5.82 Å². The first-order chi connectivity index (χ1) is 8.97. The molecule has 0 aliphatic heterocycles. The van der Waals surface area contributed by atoms with Gasteiger partial charge in [0, 0.05) is 11.8 Å². The molecule has 4 nitrogen and oxygen atoms in total. The van der Waals surface area contributed by atoms with Crippen molar-refractivity contribution in [2.75, 3.05) is 5.73 Å². The molecule has 1 aromatic carbocycles. The van der Waals surface area contributed by atoms with E-state index in [-0.39, 0.29) is 17.8 Å². The average Bonchev–Trinajstić information content (AvgIpc) is 2.34. The van der Waals surface area contributed by atoms with E-state index >= 15 is 0 Å². The van der Waals surface area contributed by atoms with Crippen molar-refractivity contribution in [1.29, 1.82) is 0 Å². The fourth-order valence-electron chi connectivity index (χ4n) is 1.75. The first-order valence-electron chi connectivity index (χ1n) is 6.03. The van der Waals surface area contributed by atoms with Crippen LogP contribution in [0.2, 0.25) is 0 Å². The molecule has 0 unspecified atom stereocenters. The van der Waals surface area contributed by atoms with E-state index in [1.54, 1.807) is 18.3 Å². The van der Waals surface area contributed by atoms with Gasteiger partial charge < -0.3 is 10.5 Å². The molecule has 0 bridgehead atoms. The molecule has 0 aliphatic carbocycles. The van der Waals surface area contributed by atoms with Gasteiger partial charge >= 0.3 is 0 Å². The molecular formula is C14H16FN3O. The number of nitrogen functional groups attached to an aromatic ring is 1. The number of anilines is 1. The zero-order valence-electron chi connectivity index (χ0n) is 11.1. The predicted octanol–water partition coefficient (Wildman–Crippen LogP) is 2.96. The summed E-state index contributed by atoms with van der Waals surface area (Å²) in [5, 5.41) is 0. The highest BCUT2D eigenvalue weighted by Gasteiger charge is 2.10. The Bertz CT molecular complexity index is 599. The van der Waals surface area contributed by atoms with Gasteiger partial charge in [0.2, 0.25) is 5.95 Å². The van der Waals surface area contributed by atoms with Gasteiger partial charge in [0.1, 0.15) is 0 Å². The Morgan fingerprint density at radius 2 is 2.05 bits per heavy atom. The summed E-state index contributed by atoms with van der Waals surface area (Å²) < 4.78 is 19.3. The van der Waals surface area contributed by atoms with Gasteiger partial charge in [-0.15, -0.1) is 0 Å². The number of ether oxygens (including phenoxy) is 1. The molecule has 19 heavy (non-hydrogen) atoms. The molecule has 0 amide bonds. The molecule has 1 heterocycles. The number of benzene rings is 1. The van der Waals surface area contributed by atoms with Crippen LogP contribution >= 0.6 is 0 Å². The van der Waals surface area contributed by atoms with Crippen LogP contribution in [0.25, 0.3) is 11.3 Å². The molecular weight excluding hydrogens is 245 g/mol. The van der Waals surface area contributed by atoms with Crippen LogP contribution in [0.15, 0.2) is 24.4 Å². The van der Waals surface area contributed by atoms with Crippen LogP contribution in [-0.4, -0.2) is 16.1 Å². The van der Waals surface area contributed by atoms with Crippen LogP contribution in [0, 0.1) is 12.7 Å². The third kappa shape index (κ3) is 2.99. The Balaban J connectivity index is 2.41. The molecule has 100 valence electrons. The molecule has 0 radical (unpaired) electrons. The Labute approximate surface area is 111 Å². The Kier molecular flexibility index (Phi) is 3.64. The maximum Gasteiger partial charge on any atom is 0.220 e. The molecule has 2 N–H and O–H groups in total. The van der Waals surface area contributed by atoms with Crippen LogP contribution in [-0.2, 0) is 0 Å². The summed E-state index contributed by atoms with van der Waals surface area (Å²) in [5.41, 5.74) is 7.68. The van der Waals surface area contributed by atoms with E-state index in [1.807, 2.05) is 20.8 Å². The summed E-state index contributed by atoms with van der Waals surface area (Å²) in [5.74, 6) is -0.00951. The fraction of sp³-hybridized carbons (Fsp3) is 0.286. The first-order valence-corrected chi connectivity index (χ1v) is 6.03. The van der Waals surface area contributed by atoms with Crippen molar-refractivity contribution in [3.63, 3.8) is 0 Å². The lowest BCUT2D eigenvalue weighted by Crippen LogP contribution is -2.07. The van der Waals surface area contributed by atoms with Crippen molar-refractivity contribution >= 4 is 5.95 Å². The molecule has 0 fully saturated rings. The molecule has 0 spiro atoms. The van der Waals surface area contributed by atoms with E-state index in [0.29, 0.717) is 11.3 Å². The zero-order chi connectivity index (χ0) is 14.0. The smallest absolute Gasteiger partial charge is 0.220 e. The lowest BCUT2D eigenvalue weighted by atomic mass is 10.1. The largest absolute Gasteiger partial charge is 0.488 e. The van der Waals surface area contributed by atoms with E-state index in [2.05, 4.69) is 9.97 Å². The minimum Gasteiger partial charge on any atom is -0.488 e. The average molecular weight is 261 g/mol. The van der Waals surface area contributed by atoms with Crippen molar-refractivity contribution < 1.29 is 9.13 Å². The molecule has 0 saturated carbocycles. The van der Waals surface area contributed by atoms with Crippen molar-refractivity contribution in [3.8, 4) is 17.0 Å². The van der Waals surface area contributed by atoms with Crippen molar-refractivity contribution in [1.82, 2.24) is 9.97 Å². The predicted molar refractivity (Wildman–Crippen MR) is 72.3 cm³/mol. The SMILES string of the molecule is Cc1cnc(N)nc1-c1ccc(OC(C)C)c(F)c1. The van der Waals surface area contributed by atoms with Gasteiger partial charge in [-0.05, 0) is 44.5 Å². The quantitative estimate of drug-likeness (QED) is 0.922. The second-order valence-electron chi connectivity index (χ2n) is 4.57. The highest BCUT2D eigenvalue weighted by atomic mass is 19.1. The number of hydrogen-bond acceptors (Lipinski definition) is 4. The third-order valence-corrected chi connectivity index (χ3v) is 2.56. The molecule has 0 aliphatic rings.